The summed E-state index contributed by atoms with van der Waals surface area (Å²) in [6.07, 6.45) is 0. The number of hydrogen-bond donors (Lipinski definition) is 2. The zero-order valence-electron chi connectivity index (χ0n) is 10.7. The van der Waals surface area contributed by atoms with Gasteiger partial charge in [0.25, 0.3) is 5.69 Å². The summed E-state index contributed by atoms with van der Waals surface area (Å²) < 4.78 is 12.9. The van der Waals surface area contributed by atoms with Crippen LogP contribution >= 0.6 is 0 Å². The minimum Gasteiger partial charge on any atom is -0.508 e. The molecule has 0 aromatic heterocycles. The lowest BCUT2D eigenvalue weighted by Crippen LogP contribution is -2.08. The third-order valence-corrected chi connectivity index (χ3v) is 2.92. The molecule has 0 aliphatic heterocycles. The minimum atomic E-state index is -0.570. The van der Waals surface area contributed by atoms with Crippen molar-refractivity contribution in [1.82, 2.24) is 0 Å². The monoisotopic (exact) mass is 276 g/mol. The first-order valence-corrected chi connectivity index (χ1v) is 5.97. The van der Waals surface area contributed by atoms with Crippen molar-refractivity contribution in [3.05, 3.63) is 64.0 Å². The van der Waals surface area contributed by atoms with Gasteiger partial charge in [0, 0.05) is 6.04 Å². The zero-order chi connectivity index (χ0) is 14.7. The van der Waals surface area contributed by atoms with Crippen LogP contribution in [0.3, 0.4) is 0 Å². The van der Waals surface area contributed by atoms with Crippen LogP contribution in [0.15, 0.2) is 42.5 Å². The fourth-order valence-electron chi connectivity index (χ4n) is 1.86. The number of nitro groups is 1. The van der Waals surface area contributed by atoms with Crippen molar-refractivity contribution in [2.24, 2.45) is 0 Å². The van der Waals surface area contributed by atoms with Crippen LogP contribution in [0.25, 0.3) is 0 Å². The molecular formula is C14H13FN2O3. The third-order valence-electron chi connectivity index (χ3n) is 2.92. The number of phenolic OH excluding ortho intramolecular Hbond substituents is 1. The fraction of sp³-hybridized carbons (Fsp3) is 0.143. The SMILES string of the molecule is CC(Nc1ccc(O)cc1[N+](=O)[O-])c1ccc(F)cc1. The van der Waals surface area contributed by atoms with Crippen LogP contribution in [0.2, 0.25) is 0 Å². The van der Waals surface area contributed by atoms with Crippen molar-refractivity contribution in [3.63, 3.8) is 0 Å². The zero-order valence-corrected chi connectivity index (χ0v) is 10.7. The first kappa shape index (κ1) is 13.8. The smallest absolute Gasteiger partial charge is 0.296 e. The predicted molar refractivity (Wildman–Crippen MR) is 73.2 cm³/mol. The maximum Gasteiger partial charge on any atom is 0.296 e. The van der Waals surface area contributed by atoms with Gasteiger partial charge in [-0.25, -0.2) is 4.39 Å². The summed E-state index contributed by atoms with van der Waals surface area (Å²) >= 11 is 0. The molecule has 0 saturated carbocycles. The standard InChI is InChI=1S/C14H13FN2O3/c1-9(10-2-4-11(15)5-3-10)16-13-7-6-12(18)8-14(13)17(19)20/h2-9,16,18H,1H3. The molecule has 2 N–H and O–H groups in total. The normalized spacial score (nSPS) is 11.9. The van der Waals surface area contributed by atoms with Gasteiger partial charge in [-0.1, -0.05) is 12.1 Å². The Morgan fingerprint density at radius 3 is 2.50 bits per heavy atom. The van der Waals surface area contributed by atoms with Gasteiger partial charge >= 0.3 is 0 Å². The summed E-state index contributed by atoms with van der Waals surface area (Å²) in [7, 11) is 0. The molecule has 5 nitrogen and oxygen atoms in total. The number of hydrogen-bond acceptors (Lipinski definition) is 4. The predicted octanol–water partition coefficient (Wildman–Crippen LogP) is 3.61. The van der Waals surface area contributed by atoms with Crippen LogP contribution in [-0.2, 0) is 0 Å². The van der Waals surface area contributed by atoms with Crippen LogP contribution in [0, 0.1) is 15.9 Å². The van der Waals surface area contributed by atoms with Crippen LogP contribution in [-0.4, -0.2) is 10.0 Å². The van der Waals surface area contributed by atoms with Crippen molar-refractivity contribution in [3.8, 4) is 5.75 Å². The summed E-state index contributed by atoms with van der Waals surface area (Å²) in [6, 6.07) is 9.54. The van der Waals surface area contributed by atoms with Crippen LogP contribution in [0.5, 0.6) is 5.75 Å². The van der Waals surface area contributed by atoms with E-state index >= 15 is 0 Å². The van der Waals surface area contributed by atoms with E-state index in [4.69, 9.17) is 0 Å². The molecule has 104 valence electrons. The number of benzene rings is 2. The van der Waals surface area contributed by atoms with E-state index in [1.165, 1.54) is 24.3 Å². The molecule has 20 heavy (non-hydrogen) atoms. The summed E-state index contributed by atoms with van der Waals surface area (Å²) in [5.74, 6) is -0.506. The van der Waals surface area contributed by atoms with Gasteiger partial charge in [-0.05, 0) is 36.8 Å². The van der Waals surface area contributed by atoms with Gasteiger partial charge in [-0.15, -0.1) is 0 Å². The van der Waals surface area contributed by atoms with Gasteiger partial charge in [0.15, 0.2) is 0 Å². The molecule has 0 spiro atoms. The van der Waals surface area contributed by atoms with E-state index in [0.717, 1.165) is 11.6 Å². The van der Waals surface area contributed by atoms with Gasteiger partial charge in [0.2, 0.25) is 0 Å². The van der Waals surface area contributed by atoms with Crippen molar-refractivity contribution in [1.29, 1.82) is 0 Å². The maximum absolute atomic E-state index is 12.9. The highest BCUT2D eigenvalue weighted by Gasteiger charge is 2.16. The highest BCUT2D eigenvalue weighted by atomic mass is 19.1. The number of phenols is 1. The van der Waals surface area contributed by atoms with E-state index in [1.807, 2.05) is 6.92 Å². The van der Waals surface area contributed by atoms with Gasteiger partial charge in [0.05, 0.1) is 11.0 Å². The second kappa shape index (κ2) is 5.56. The molecule has 0 amide bonds. The maximum atomic E-state index is 12.9. The third kappa shape index (κ3) is 3.03. The minimum absolute atomic E-state index is 0.170. The van der Waals surface area contributed by atoms with E-state index in [1.54, 1.807) is 12.1 Å². The molecule has 1 atom stereocenters. The number of anilines is 1. The van der Waals surface area contributed by atoms with Crippen LogP contribution in [0.4, 0.5) is 15.8 Å². The Bertz CT molecular complexity index is 629. The Morgan fingerprint density at radius 2 is 1.90 bits per heavy atom. The molecule has 0 fully saturated rings. The molecule has 2 rings (SSSR count). The molecule has 2 aromatic rings. The molecule has 0 saturated heterocycles. The summed E-state index contributed by atoms with van der Waals surface area (Å²) in [4.78, 5) is 10.4. The van der Waals surface area contributed by atoms with Crippen molar-refractivity contribution in [2.75, 3.05) is 5.32 Å². The van der Waals surface area contributed by atoms with E-state index in [2.05, 4.69) is 5.32 Å². The molecule has 0 aliphatic rings. The van der Waals surface area contributed by atoms with E-state index in [-0.39, 0.29) is 23.3 Å². The first-order chi connectivity index (χ1) is 9.47. The first-order valence-electron chi connectivity index (χ1n) is 5.97. The number of halogens is 1. The lowest BCUT2D eigenvalue weighted by Gasteiger charge is -2.15. The van der Waals surface area contributed by atoms with Gasteiger partial charge in [-0.3, -0.25) is 10.1 Å². The Balaban J connectivity index is 2.25. The van der Waals surface area contributed by atoms with E-state index < -0.39 is 4.92 Å². The fourth-order valence-corrected chi connectivity index (χ4v) is 1.86. The van der Waals surface area contributed by atoms with Crippen LogP contribution in [0.1, 0.15) is 18.5 Å². The average Bonchev–Trinajstić information content (AvgIpc) is 2.41. The summed E-state index contributed by atoms with van der Waals surface area (Å²) in [6.45, 7) is 1.81. The van der Waals surface area contributed by atoms with Gasteiger partial charge in [-0.2, -0.15) is 0 Å². The number of rotatable bonds is 4. The van der Waals surface area contributed by atoms with Crippen molar-refractivity contribution in [2.45, 2.75) is 13.0 Å². The van der Waals surface area contributed by atoms with Crippen LogP contribution < -0.4 is 5.32 Å². The number of nitrogens with one attached hydrogen (secondary N) is 1. The van der Waals surface area contributed by atoms with E-state index in [0.29, 0.717) is 5.69 Å². The molecule has 0 radical (unpaired) electrons. The largest absolute Gasteiger partial charge is 0.508 e. The van der Waals surface area contributed by atoms with Gasteiger partial charge in [0.1, 0.15) is 17.3 Å². The molecule has 0 aliphatic carbocycles. The number of nitro benzene ring substituents is 1. The Morgan fingerprint density at radius 1 is 1.25 bits per heavy atom. The second-order valence-corrected chi connectivity index (χ2v) is 4.38. The van der Waals surface area contributed by atoms with Gasteiger partial charge < -0.3 is 10.4 Å². The average molecular weight is 276 g/mol. The lowest BCUT2D eigenvalue weighted by atomic mass is 10.1. The van der Waals surface area contributed by atoms with E-state index in [9.17, 15) is 19.6 Å². The lowest BCUT2D eigenvalue weighted by molar-refractivity contribution is -0.384. The Labute approximate surface area is 114 Å². The molecule has 6 heteroatoms. The molecular weight excluding hydrogens is 263 g/mol. The number of nitrogens with zero attached hydrogens (tertiary/aromatic N) is 1. The van der Waals surface area contributed by atoms with Crippen molar-refractivity contribution < 1.29 is 14.4 Å². The quantitative estimate of drug-likeness (QED) is 0.508. The molecule has 2 aromatic carbocycles. The highest BCUT2D eigenvalue weighted by Crippen LogP contribution is 2.31. The second-order valence-electron chi connectivity index (χ2n) is 4.38. The topological polar surface area (TPSA) is 75.4 Å². The summed E-state index contributed by atoms with van der Waals surface area (Å²) in [5.41, 5.74) is 0.886. The number of aromatic hydroxyl groups is 1. The Kier molecular flexibility index (Phi) is 3.84. The molecule has 0 bridgehead atoms. The van der Waals surface area contributed by atoms with Crippen molar-refractivity contribution >= 4 is 11.4 Å². The molecule has 1 unspecified atom stereocenters. The highest BCUT2D eigenvalue weighted by molar-refractivity contribution is 5.64. The molecule has 0 heterocycles. The summed E-state index contributed by atoms with van der Waals surface area (Å²) in [5, 5.41) is 23.2. The Hall–Kier alpha value is -2.63.